The van der Waals surface area contributed by atoms with Crippen molar-refractivity contribution in [3.05, 3.63) is 64.3 Å². The van der Waals surface area contributed by atoms with Gasteiger partial charge in [0.15, 0.2) is 0 Å². The maximum absolute atomic E-state index is 10.1. The zero-order chi connectivity index (χ0) is 19.4. The van der Waals surface area contributed by atoms with Crippen molar-refractivity contribution in [1.29, 1.82) is 0 Å². The van der Waals surface area contributed by atoms with E-state index >= 15 is 0 Å². The van der Waals surface area contributed by atoms with Crippen LogP contribution in [-0.2, 0) is 4.74 Å². The summed E-state index contributed by atoms with van der Waals surface area (Å²) in [4.78, 5) is 4.71. The molecule has 0 bridgehead atoms. The van der Waals surface area contributed by atoms with Crippen LogP contribution in [0.15, 0.2) is 42.5 Å². The summed E-state index contributed by atoms with van der Waals surface area (Å²) >= 11 is 6.11. The van der Waals surface area contributed by atoms with E-state index in [0.717, 1.165) is 51.7 Å². The maximum Gasteiger partial charge on any atom is 0.106 e. The molecule has 3 nitrogen and oxygen atoms in total. The highest BCUT2D eigenvalue weighted by Gasteiger charge is 2.22. The Morgan fingerprint density at radius 3 is 2.52 bits per heavy atom. The average molecular weight is 384 g/mol. The second-order valence-corrected chi connectivity index (χ2v) is 7.34. The Balaban J connectivity index is 2.24. The molecule has 0 saturated carbocycles. The molecule has 0 aliphatic carbocycles. The van der Waals surface area contributed by atoms with E-state index in [0.29, 0.717) is 11.6 Å². The molecule has 1 atom stereocenters. The first-order chi connectivity index (χ1) is 13.0. The lowest BCUT2D eigenvalue weighted by Gasteiger charge is -2.23. The topological polar surface area (TPSA) is 42.4 Å². The molecule has 2 aromatic carbocycles. The van der Waals surface area contributed by atoms with Crippen molar-refractivity contribution in [3.63, 3.8) is 0 Å². The number of aromatic nitrogens is 1. The predicted molar refractivity (Wildman–Crippen MR) is 112 cm³/mol. The summed E-state index contributed by atoms with van der Waals surface area (Å²) in [5.41, 5.74) is 6.13. The maximum atomic E-state index is 10.1. The molecule has 1 heterocycles. The molecule has 142 valence electrons. The zero-order valence-corrected chi connectivity index (χ0v) is 16.9. The van der Waals surface area contributed by atoms with Crippen molar-refractivity contribution >= 4 is 22.5 Å². The molecule has 0 saturated heterocycles. The Labute approximate surface area is 166 Å². The molecular weight excluding hydrogens is 358 g/mol. The Hall–Kier alpha value is -1.94. The molecule has 1 unspecified atom stereocenters. The summed E-state index contributed by atoms with van der Waals surface area (Å²) in [6.45, 7) is 6.76. The van der Waals surface area contributed by atoms with E-state index in [1.54, 1.807) is 0 Å². The third-order valence-corrected chi connectivity index (χ3v) is 5.07. The van der Waals surface area contributed by atoms with E-state index in [-0.39, 0.29) is 12.7 Å². The van der Waals surface area contributed by atoms with Crippen LogP contribution in [0.1, 0.15) is 42.7 Å². The summed E-state index contributed by atoms with van der Waals surface area (Å²) in [5.74, 6) is 0. The van der Waals surface area contributed by atoms with Gasteiger partial charge in [0.2, 0.25) is 0 Å². The Morgan fingerprint density at radius 1 is 1.11 bits per heavy atom. The molecule has 0 fully saturated rings. The number of rotatable bonds is 7. The van der Waals surface area contributed by atoms with E-state index in [2.05, 4.69) is 26.0 Å². The number of hydrogen-bond donors (Lipinski definition) is 1. The number of aryl methyl sites for hydroxylation is 2. The second-order valence-electron chi connectivity index (χ2n) is 6.90. The predicted octanol–water partition coefficient (Wildman–Crippen LogP) is 6.02. The normalized spacial score (nSPS) is 12.5. The van der Waals surface area contributed by atoms with Gasteiger partial charge in [-0.3, -0.25) is 4.98 Å². The number of aliphatic hydroxyl groups is 1. The molecule has 0 aliphatic rings. The van der Waals surface area contributed by atoms with Crippen molar-refractivity contribution in [2.24, 2.45) is 0 Å². The SMILES string of the molecule is CCCCOC(CO)c1c(C)cc2nc(C)ccc2c1-c1ccc(Cl)cc1. The van der Waals surface area contributed by atoms with Crippen LogP contribution in [0.5, 0.6) is 0 Å². The van der Waals surface area contributed by atoms with Gasteiger partial charge in [0.1, 0.15) is 6.10 Å². The van der Waals surface area contributed by atoms with Crippen LogP contribution in [0.3, 0.4) is 0 Å². The van der Waals surface area contributed by atoms with E-state index in [1.165, 1.54) is 0 Å². The lowest BCUT2D eigenvalue weighted by molar-refractivity contribution is 0.0105. The molecule has 0 aliphatic heterocycles. The molecule has 0 amide bonds. The molecule has 1 aromatic heterocycles. The van der Waals surface area contributed by atoms with E-state index in [4.69, 9.17) is 21.3 Å². The molecule has 3 rings (SSSR count). The van der Waals surface area contributed by atoms with Crippen LogP contribution in [0.4, 0.5) is 0 Å². The average Bonchev–Trinajstić information content (AvgIpc) is 2.65. The van der Waals surface area contributed by atoms with Crippen LogP contribution < -0.4 is 0 Å². The smallest absolute Gasteiger partial charge is 0.106 e. The number of hydrogen-bond acceptors (Lipinski definition) is 3. The fourth-order valence-electron chi connectivity index (χ4n) is 3.46. The Bertz CT molecular complexity index is 922. The highest BCUT2D eigenvalue weighted by atomic mass is 35.5. The van der Waals surface area contributed by atoms with Gasteiger partial charge in [-0.25, -0.2) is 0 Å². The summed E-state index contributed by atoms with van der Waals surface area (Å²) in [6.07, 6.45) is 1.66. The third kappa shape index (κ3) is 4.32. The standard InChI is InChI=1S/C23H26ClNO2/c1-4-5-12-27-21(14-26)22-15(2)13-20-19(11-6-16(3)25-20)23(22)17-7-9-18(24)10-8-17/h6-11,13,21,26H,4-5,12,14H2,1-3H3. The van der Waals surface area contributed by atoms with Gasteiger partial charge in [0, 0.05) is 22.7 Å². The highest BCUT2D eigenvalue weighted by Crippen LogP contribution is 2.39. The van der Waals surface area contributed by atoms with Gasteiger partial charge in [0.25, 0.3) is 0 Å². The summed E-state index contributed by atoms with van der Waals surface area (Å²) in [5, 5.41) is 11.8. The molecule has 27 heavy (non-hydrogen) atoms. The molecular formula is C23H26ClNO2. The van der Waals surface area contributed by atoms with Crippen molar-refractivity contribution in [2.45, 2.75) is 39.7 Å². The lowest BCUT2D eigenvalue weighted by Crippen LogP contribution is -2.13. The Kier molecular flexibility index (Phi) is 6.48. The van der Waals surface area contributed by atoms with Crippen LogP contribution >= 0.6 is 11.6 Å². The van der Waals surface area contributed by atoms with E-state index in [9.17, 15) is 5.11 Å². The third-order valence-electron chi connectivity index (χ3n) is 4.82. The van der Waals surface area contributed by atoms with Crippen molar-refractivity contribution in [1.82, 2.24) is 4.98 Å². The fraction of sp³-hybridized carbons (Fsp3) is 0.348. The molecule has 0 radical (unpaired) electrons. The van der Waals surface area contributed by atoms with E-state index in [1.807, 2.05) is 37.3 Å². The van der Waals surface area contributed by atoms with Gasteiger partial charge in [0.05, 0.1) is 12.1 Å². The van der Waals surface area contributed by atoms with Gasteiger partial charge >= 0.3 is 0 Å². The van der Waals surface area contributed by atoms with Gasteiger partial charge in [-0.2, -0.15) is 0 Å². The monoisotopic (exact) mass is 383 g/mol. The van der Waals surface area contributed by atoms with Gasteiger partial charge in [-0.05, 0) is 66.8 Å². The minimum atomic E-state index is -0.368. The summed E-state index contributed by atoms with van der Waals surface area (Å²) < 4.78 is 6.06. The summed E-state index contributed by atoms with van der Waals surface area (Å²) in [6, 6.07) is 14.0. The minimum absolute atomic E-state index is 0.0596. The van der Waals surface area contributed by atoms with Crippen molar-refractivity contribution in [3.8, 4) is 11.1 Å². The number of unbranched alkanes of at least 4 members (excludes halogenated alkanes) is 1. The van der Waals surface area contributed by atoms with Crippen molar-refractivity contribution < 1.29 is 9.84 Å². The molecule has 1 N–H and O–H groups in total. The quantitative estimate of drug-likeness (QED) is 0.507. The largest absolute Gasteiger partial charge is 0.393 e. The Morgan fingerprint density at radius 2 is 1.85 bits per heavy atom. The molecule has 0 spiro atoms. The highest BCUT2D eigenvalue weighted by molar-refractivity contribution is 6.30. The van der Waals surface area contributed by atoms with Crippen LogP contribution in [-0.4, -0.2) is 23.3 Å². The first-order valence-corrected chi connectivity index (χ1v) is 9.82. The number of benzene rings is 2. The second kappa shape index (κ2) is 8.83. The summed E-state index contributed by atoms with van der Waals surface area (Å²) in [7, 11) is 0. The van der Waals surface area contributed by atoms with Crippen LogP contribution in [0, 0.1) is 13.8 Å². The number of nitrogens with zero attached hydrogens (tertiary/aromatic N) is 1. The zero-order valence-electron chi connectivity index (χ0n) is 16.1. The van der Waals surface area contributed by atoms with Gasteiger partial charge in [-0.1, -0.05) is 43.1 Å². The number of halogens is 1. The first kappa shape index (κ1) is 19.8. The number of aliphatic hydroxyl groups excluding tert-OH is 1. The minimum Gasteiger partial charge on any atom is -0.393 e. The molecule has 3 aromatic rings. The van der Waals surface area contributed by atoms with E-state index < -0.39 is 0 Å². The fourth-order valence-corrected chi connectivity index (χ4v) is 3.59. The van der Waals surface area contributed by atoms with Crippen molar-refractivity contribution in [2.75, 3.05) is 13.2 Å². The number of pyridine rings is 1. The lowest BCUT2D eigenvalue weighted by atomic mass is 9.89. The number of fused-ring (bicyclic) bond motifs is 1. The van der Waals surface area contributed by atoms with Gasteiger partial charge < -0.3 is 9.84 Å². The van der Waals surface area contributed by atoms with Gasteiger partial charge in [-0.15, -0.1) is 0 Å². The van der Waals surface area contributed by atoms with Crippen LogP contribution in [0.25, 0.3) is 22.0 Å². The number of ether oxygens (including phenoxy) is 1. The first-order valence-electron chi connectivity index (χ1n) is 9.44. The van der Waals surface area contributed by atoms with Crippen LogP contribution in [0.2, 0.25) is 5.02 Å². The molecule has 4 heteroatoms.